The molecule has 20 heavy (non-hydrogen) atoms. The molecule has 1 aliphatic rings. The Morgan fingerprint density at radius 3 is 2.65 bits per heavy atom. The normalized spacial score (nSPS) is 19.2. The van der Waals surface area contributed by atoms with Crippen LogP contribution in [0.5, 0.6) is 0 Å². The van der Waals surface area contributed by atoms with Crippen molar-refractivity contribution in [1.29, 1.82) is 0 Å². The van der Waals surface area contributed by atoms with E-state index in [0.717, 1.165) is 27.7 Å². The van der Waals surface area contributed by atoms with Crippen molar-refractivity contribution in [2.75, 3.05) is 11.4 Å². The lowest BCUT2D eigenvalue weighted by molar-refractivity contribution is -0.131. The van der Waals surface area contributed by atoms with Gasteiger partial charge in [-0.3, -0.25) is 14.5 Å². The molecule has 2 rings (SSSR count). The molecule has 108 valence electrons. The van der Waals surface area contributed by atoms with Crippen LogP contribution in [0.4, 0.5) is 5.69 Å². The van der Waals surface area contributed by atoms with Gasteiger partial charge in [0.05, 0.1) is 5.69 Å². The summed E-state index contributed by atoms with van der Waals surface area (Å²) in [6, 6.07) is 3.58. The van der Waals surface area contributed by atoms with Gasteiger partial charge in [0, 0.05) is 4.47 Å². The van der Waals surface area contributed by atoms with Crippen LogP contribution in [0, 0.1) is 13.8 Å². The van der Waals surface area contributed by atoms with Gasteiger partial charge in [0.25, 0.3) is 0 Å². The first-order chi connectivity index (χ1) is 9.43. The molecule has 1 fully saturated rings. The molecular formula is C15H19BrN2O2. The number of carbonyl (C=O) groups excluding carboxylic acids is 2. The van der Waals surface area contributed by atoms with E-state index in [1.807, 2.05) is 32.9 Å². The van der Waals surface area contributed by atoms with Crippen LogP contribution in [0.3, 0.4) is 0 Å². The van der Waals surface area contributed by atoms with E-state index >= 15 is 0 Å². The largest absolute Gasteiger partial charge is 0.343 e. The summed E-state index contributed by atoms with van der Waals surface area (Å²) >= 11 is 3.51. The molecule has 0 bridgehead atoms. The van der Waals surface area contributed by atoms with Gasteiger partial charge in [0.15, 0.2) is 0 Å². The molecule has 4 nitrogen and oxygen atoms in total. The third kappa shape index (κ3) is 2.87. The topological polar surface area (TPSA) is 49.4 Å². The molecule has 0 spiro atoms. The van der Waals surface area contributed by atoms with Crippen LogP contribution in [0.25, 0.3) is 0 Å². The van der Waals surface area contributed by atoms with E-state index in [4.69, 9.17) is 0 Å². The molecule has 1 saturated heterocycles. The number of nitrogens with one attached hydrogen (secondary N) is 1. The molecule has 1 aromatic rings. The molecule has 0 aromatic heterocycles. The van der Waals surface area contributed by atoms with Crippen LogP contribution in [-0.4, -0.2) is 24.4 Å². The summed E-state index contributed by atoms with van der Waals surface area (Å²) in [6.07, 6.45) is 1.53. The fourth-order valence-electron chi connectivity index (χ4n) is 2.63. The summed E-state index contributed by atoms with van der Waals surface area (Å²) in [5.41, 5.74) is 2.92. The molecule has 1 heterocycles. The Kier molecular flexibility index (Phi) is 4.48. The minimum Gasteiger partial charge on any atom is -0.343 e. The highest BCUT2D eigenvalue weighted by Gasteiger charge is 2.34. The lowest BCUT2D eigenvalue weighted by Crippen LogP contribution is -2.58. The number of piperazine rings is 1. The van der Waals surface area contributed by atoms with Crippen molar-refractivity contribution >= 4 is 33.4 Å². The summed E-state index contributed by atoms with van der Waals surface area (Å²) in [7, 11) is 0. The molecule has 1 atom stereocenters. The van der Waals surface area contributed by atoms with Gasteiger partial charge in [-0.2, -0.15) is 0 Å². The van der Waals surface area contributed by atoms with Gasteiger partial charge < -0.3 is 5.32 Å². The molecule has 1 unspecified atom stereocenters. The predicted molar refractivity (Wildman–Crippen MR) is 82.8 cm³/mol. The summed E-state index contributed by atoms with van der Waals surface area (Å²) in [5.74, 6) is -0.131. The minimum atomic E-state index is -0.408. The van der Waals surface area contributed by atoms with Crippen LogP contribution in [0.2, 0.25) is 0 Å². The van der Waals surface area contributed by atoms with Crippen molar-refractivity contribution in [3.63, 3.8) is 0 Å². The second-order valence-corrected chi connectivity index (χ2v) is 6.10. The van der Waals surface area contributed by atoms with E-state index in [-0.39, 0.29) is 18.4 Å². The molecule has 1 aliphatic heterocycles. The zero-order valence-electron chi connectivity index (χ0n) is 12.0. The Bertz CT molecular complexity index is 534. The van der Waals surface area contributed by atoms with E-state index in [2.05, 4.69) is 21.2 Å². The van der Waals surface area contributed by atoms with E-state index in [0.29, 0.717) is 6.42 Å². The number of rotatable bonds is 3. The molecule has 0 radical (unpaired) electrons. The summed E-state index contributed by atoms with van der Waals surface area (Å²) in [5, 5.41) is 2.77. The first-order valence-corrected chi connectivity index (χ1v) is 7.60. The van der Waals surface area contributed by atoms with Gasteiger partial charge in [-0.25, -0.2) is 0 Å². The number of halogens is 1. The molecule has 1 N–H and O–H groups in total. The number of hydrogen-bond acceptors (Lipinski definition) is 2. The molecule has 5 heteroatoms. The standard InChI is InChI=1S/C15H19BrN2O2/c1-4-5-12-15(20)18(8-13(19)17-12)14-10(3)6-9(2)7-11(14)16/h6-7,12H,4-5,8H2,1-3H3,(H,17,19). The number of amides is 2. The van der Waals surface area contributed by atoms with E-state index in [1.165, 1.54) is 0 Å². The van der Waals surface area contributed by atoms with Crippen molar-refractivity contribution in [1.82, 2.24) is 5.32 Å². The van der Waals surface area contributed by atoms with Crippen molar-refractivity contribution < 1.29 is 9.59 Å². The number of hydrogen-bond donors (Lipinski definition) is 1. The third-order valence-corrected chi connectivity index (χ3v) is 4.05. The van der Waals surface area contributed by atoms with Crippen molar-refractivity contribution in [2.45, 2.75) is 39.7 Å². The van der Waals surface area contributed by atoms with E-state index < -0.39 is 6.04 Å². The second kappa shape index (κ2) is 5.95. The predicted octanol–water partition coefficient (Wildman–Crippen LogP) is 2.70. The van der Waals surface area contributed by atoms with E-state index in [9.17, 15) is 9.59 Å². The highest BCUT2D eigenvalue weighted by molar-refractivity contribution is 9.10. The summed E-state index contributed by atoms with van der Waals surface area (Å²) in [6.45, 7) is 6.06. The lowest BCUT2D eigenvalue weighted by atomic mass is 10.0. The Labute approximate surface area is 127 Å². The van der Waals surface area contributed by atoms with Crippen molar-refractivity contribution in [3.05, 3.63) is 27.7 Å². The highest BCUT2D eigenvalue weighted by atomic mass is 79.9. The number of benzene rings is 1. The SMILES string of the molecule is CCCC1NC(=O)CN(c2c(C)cc(C)cc2Br)C1=O. The average molecular weight is 339 g/mol. The fourth-order valence-corrected chi connectivity index (χ4v) is 3.52. The number of aryl methyl sites for hydroxylation is 2. The van der Waals surface area contributed by atoms with Crippen LogP contribution in [0.15, 0.2) is 16.6 Å². The maximum Gasteiger partial charge on any atom is 0.250 e. The smallest absolute Gasteiger partial charge is 0.250 e. The summed E-state index contributed by atoms with van der Waals surface area (Å²) < 4.78 is 0.855. The Hall–Kier alpha value is -1.36. The lowest BCUT2D eigenvalue weighted by Gasteiger charge is -2.34. The molecule has 1 aromatic carbocycles. The zero-order chi connectivity index (χ0) is 14.9. The zero-order valence-corrected chi connectivity index (χ0v) is 13.6. The van der Waals surface area contributed by atoms with E-state index in [1.54, 1.807) is 4.90 Å². The molecule has 0 aliphatic carbocycles. The summed E-state index contributed by atoms with van der Waals surface area (Å²) in [4.78, 5) is 26.0. The number of anilines is 1. The van der Waals surface area contributed by atoms with Gasteiger partial charge in [0.1, 0.15) is 12.6 Å². The Balaban J connectivity index is 2.40. The van der Waals surface area contributed by atoms with Gasteiger partial charge in [-0.1, -0.05) is 19.4 Å². The van der Waals surface area contributed by atoms with Crippen LogP contribution in [0.1, 0.15) is 30.9 Å². The first kappa shape index (κ1) is 15.0. The quantitative estimate of drug-likeness (QED) is 0.921. The van der Waals surface area contributed by atoms with Crippen LogP contribution in [-0.2, 0) is 9.59 Å². The van der Waals surface area contributed by atoms with Crippen molar-refractivity contribution in [3.8, 4) is 0 Å². The minimum absolute atomic E-state index is 0.0286. The molecule has 0 saturated carbocycles. The number of carbonyl (C=O) groups is 2. The number of nitrogens with zero attached hydrogens (tertiary/aromatic N) is 1. The first-order valence-electron chi connectivity index (χ1n) is 6.81. The average Bonchev–Trinajstić information content (AvgIpc) is 2.33. The van der Waals surface area contributed by atoms with Crippen molar-refractivity contribution in [2.24, 2.45) is 0 Å². The second-order valence-electron chi connectivity index (χ2n) is 5.25. The Morgan fingerprint density at radius 2 is 2.05 bits per heavy atom. The third-order valence-electron chi connectivity index (χ3n) is 3.45. The van der Waals surface area contributed by atoms with Gasteiger partial charge in [-0.15, -0.1) is 0 Å². The monoisotopic (exact) mass is 338 g/mol. The van der Waals surface area contributed by atoms with Crippen LogP contribution >= 0.6 is 15.9 Å². The van der Waals surface area contributed by atoms with Gasteiger partial charge >= 0.3 is 0 Å². The maximum absolute atomic E-state index is 12.5. The molecule has 2 amide bonds. The van der Waals surface area contributed by atoms with Gasteiger partial charge in [0.2, 0.25) is 11.8 Å². The highest BCUT2D eigenvalue weighted by Crippen LogP contribution is 2.32. The van der Waals surface area contributed by atoms with Gasteiger partial charge in [-0.05, 0) is 53.4 Å². The Morgan fingerprint density at radius 1 is 1.35 bits per heavy atom. The maximum atomic E-state index is 12.5. The fraction of sp³-hybridized carbons (Fsp3) is 0.467. The molecular weight excluding hydrogens is 320 g/mol. The van der Waals surface area contributed by atoms with Crippen LogP contribution < -0.4 is 10.2 Å².